The third kappa shape index (κ3) is 4.81. The molecule has 1 aromatic heterocycles. The minimum absolute atomic E-state index is 0.0703. The van der Waals surface area contributed by atoms with E-state index in [2.05, 4.69) is 52.5 Å². The van der Waals surface area contributed by atoms with E-state index in [9.17, 15) is 4.79 Å². The van der Waals surface area contributed by atoms with Crippen LogP contribution in [0.5, 0.6) is 0 Å². The number of amides is 1. The molecule has 1 saturated heterocycles. The van der Waals surface area contributed by atoms with E-state index in [0.717, 1.165) is 48.1 Å². The van der Waals surface area contributed by atoms with Gasteiger partial charge in [-0.3, -0.25) is 14.7 Å². The predicted molar refractivity (Wildman–Crippen MR) is 115 cm³/mol. The lowest BCUT2D eigenvalue weighted by Crippen LogP contribution is -2.40. The minimum Gasteiger partial charge on any atom is -0.376 e. The highest BCUT2D eigenvalue weighted by molar-refractivity contribution is 6.07. The van der Waals surface area contributed by atoms with Crippen molar-refractivity contribution in [3.8, 4) is 0 Å². The molecule has 5 heteroatoms. The zero-order valence-electron chi connectivity index (χ0n) is 17.0. The van der Waals surface area contributed by atoms with Crippen LogP contribution in [0.15, 0.2) is 54.9 Å². The van der Waals surface area contributed by atoms with Crippen LogP contribution in [0.4, 0.5) is 0 Å². The Labute approximate surface area is 171 Å². The van der Waals surface area contributed by atoms with E-state index in [4.69, 9.17) is 4.74 Å². The maximum Gasteiger partial charge on any atom is 0.252 e. The van der Waals surface area contributed by atoms with E-state index in [-0.39, 0.29) is 12.0 Å². The summed E-state index contributed by atoms with van der Waals surface area (Å²) in [5.41, 5.74) is 4.10. The summed E-state index contributed by atoms with van der Waals surface area (Å²) in [7, 11) is 0. The van der Waals surface area contributed by atoms with Crippen molar-refractivity contribution < 1.29 is 9.53 Å². The quantitative estimate of drug-likeness (QED) is 0.723. The van der Waals surface area contributed by atoms with Gasteiger partial charge >= 0.3 is 0 Å². The number of pyridine rings is 1. The normalized spacial score (nSPS) is 17.4. The Balaban J connectivity index is 1.44. The Hall–Kier alpha value is -2.76. The second-order valence-electron chi connectivity index (χ2n) is 7.83. The first-order valence-electron chi connectivity index (χ1n) is 10.1. The Bertz CT molecular complexity index is 1020. The lowest BCUT2D eigenvalue weighted by atomic mass is 10.0. The maximum atomic E-state index is 12.9. The average molecular weight is 389 g/mol. The van der Waals surface area contributed by atoms with E-state index in [1.807, 2.05) is 19.1 Å². The number of morpholine rings is 1. The molecule has 0 aliphatic carbocycles. The second-order valence-corrected chi connectivity index (χ2v) is 7.83. The van der Waals surface area contributed by atoms with Crippen molar-refractivity contribution in [1.29, 1.82) is 0 Å². The smallest absolute Gasteiger partial charge is 0.252 e. The molecule has 29 heavy (non-hydrogen) atoms. The fourth-order valence-electron chi connectivity index (χ4n) is 3.94. The Morgan fingerprint density at radius 2 is 2.10 bits per heavy atom. The molecule has 150 valence electrons. The molecule has 1 unspecified atom stereocenters. The Morgan fingerprint density at radius 3 is 2.97 bits per heavy atom. The molecule has 3 aromatic rings. The SMILES string of the molecule is Cc1cc(C(=O)NCc2cccc(CN3CCOC(C)C3)c2)c2cnccc2c1. The molecule has 1 aliphatic rings. The van der Waals surface area contributed by atoms with E-state index in [0.29, 0.717) is 12.1 Å². The van der Waals surface area contributed by atoms with Gasteiger partial charge in [0.2, 0.25) is 0 Å². The molecular weight excluding hydrogens is 362 g/mol. The molecule has 1 amide bonds. The Kier molecular flexibility index (Phi) is 5.88. The van der Waals surface area contributed by atoms with Crippen LogP contribution in [-0.2, 0) is 17.8 Å². The molecule has 0 bridgehead atoms. The van der Waals surface area contributed by atoms with Crippen molar-refractivity contribution >= 4 is 16.7 Å². The fraction of sp³-hybridized carbons (Fsp3) is 0.333. The van der Waals surface area contributed by atoms with Crippen molar-refractivity contribution in [2.45, 2.75) is 33.0 Å². The number of rotatable bonds is 5. The van der Waals surface area contributed by atoms with Crippen LogP contribution >= 0.6 is 0 Å². The van der Waals surface area contributed by atoms with Crippen LogP contribution in [-0.4, -0.2) is 41.6 Å². The monoisotopic (exact) mass is 389 g/mol. The molecule has 0 saturated carbocycles. The Morgan fingerprint density at radius 1 is 1.24 bits per heavy atom. The molecular formula is C24H27N3O2. The van der Waals surface area contributed by atoms with Gasteiger partial charge in [0, 0.05) is 49.5 Å². The topological polar surface area (TPSA) is 54.5 Å². The van der Waals surface area contributed by atoms with Crippen LogP contribution in [0.3, 0.4) is 0 Å². The van der Waals surface area contributed by atoms with Crippen LogP contribution in [0.1, 0.15) is 34.0 Å². The summed E-state index contributed by atoms with van der Waals surface area (Å²) in [5, 5.41) is 4.99. The number of nitrogens with one attached hydrogen (secondary N) is 1. The minimum atomic E-state index is -0.0703. The molecule has 5 nitrogen and oxygen atoms in total. The number of hydrogen-bond acceptors (Lipinski definition) is 4. The molecule has 0 spiro atoms. The third-order valence-corrected chi connectivity index (χ3v) is 5.32. The standard InChI is InChI=1S/C24H27N3O2/c1-17-10-21-6-7-25-14-23(21)22(11-17)24(28)26-13-19-4-3-5-20(12-19)16-27-8-9-29-18(2)15-27/h3-7,10-12,14,18H,8-9,13,15-16H2,1-2H3,(H,26,28). The lowest BCUT2D eigenvalue weighted by Gasteiger charge is -2.31. The van der Waals surface area contributed by atoms with Crippen molar-refractivity contribution in [2.24, 2.45) is 0 Å². The van der Waals surface area contributed by atoms with E-state index < -0.39 is 0 Å². The van der Waals surface area contributed by atoms with Gasteiger partial charge in [0.1, 0.15) is 0 Å². The second kappa shape index (κ2) is 8.72. The average Bonchev–Trinajstić information content (AvgIpc) is 2.71. The first-order chi connectivity index (χ1) is 14.1. The molecule has 1 atom stereocenters. The van der Waals surface area contributed by atoms with Crippen molar-refractivity contribution in [2.75, 3.05) is 19.7 Å². The largest absolute Gasteiger partial charge is 0.376 e. The third-order valence-electron chi connectivity index (χ3n) is 5.32. The summed E-state index contributed by atoms with van der Waals surface area (Å²) in [5.74, 6) is -0.0703. The molecule has 1 aliphatic heterocycles. The summed E-state index contributed by atoms with van der Waals surface area (Å²) in [6.07, 6.45) is 3.79. The maximum absolute atomic E-state index is 12.9. The van der Waals surface area contributed by atoms with Crippen LogP contribution < -0.4 is 5.32 Å². The van der Waals surface area contributed by atoms with Crippen LogP contribution in [0, 0.1) is 6.92 Å². The van der Waals surface area contributed by atoms with Crippen LogP contribution in [0.25, 0.3) is 10.8 Å². The van der Waals surface area contributed by atoms with E-state index in [1.165, 1.54) is 5.56 Å². The summed E-state index contributed by atoms with van der Waals surface area (Å²) < 4.78 is 5.62. The number of nitrogens with zero attached hydrogens (tertiary/aromatic N) is 2. The predicted octanol–water partition coefficient (Wildman–Crippen LogP) is 3.69. The summed E-state index contributed by atoms with van der Waals surface area (Å²) >= 11 is 0. The molecule has 2 aromatic carbocycles. The molecule has 1 N–H and O–H groups in total. The molecule has 1 fully saturated rings. The van der Waals surface area contributed by atoms with Gasteiger partial charge in [-0.05, 0) is 48.1 Å². The fourth-order valence-corrected chi connectivity index (χ4v) is 3.94. The zero-order valence-corrected chi connectivity index (χ0v) is 17.0. The summed E-state index contributed by atoms with van der Waals surface area (Å²) in [6, 6.07) is 14.4. The van der Waals surface area contributed by atoms with E-state index >= 15 is 0 Å². The first kappa shape index (κ1) is 19.6. The van der Waals surface area contributed by atoms with Gasteiger partial charge in [-0.2, -0.15) is 0 Å². The first-order valence-corrected chi connectivity index (χ1v) is 10.1. The number of benzene rings is 2. The number of aryl methyl sites for hydroxylation is 1. The lowest BCUT2D eigenvalue weighted by molar-refractivity contribution is -0.0212. The van der Waals surface area contributed by atoms with Gasteiger partial charge in [0.15, 0.2) is 0 Å². The van der Waals surface area contributed by atoms with Gasteiger partial charge in [0.25, 0.3) is 5.91 Å². The number of carbonyl (C=O) groups excluding carboxylic acids is 1. The number of ether oxygens (including phenoxy) is 1. The van der Waals surface area contributed by atoms with Crippen molar-refractivity contribution in [3.05, 3.63) is 77.1 Å². The van der Waals surface area contributed by atoms with E-state index in [1.54, 1.807) is 12.4 Å². The number of carbonyl (C=O) groups is 1. The van der Waals surface area contributed by atoms with Crippen molar-refractivity contribution in [1.82, 2.24) is 15.2 Å². The van der Waals surface area contributed by atoms with Gasteiger partial charge < -0.3 is 10.1 Å². The highest BCUT2D eigenvalue weighted by atomic mass is 16.5. The molecule has 0 radical (unpaired) electrons. The number of hydrogen-bond donors (Lipinski definition) is 1. The highest BCUT2D eigenvalue weighted by Crippen LogP contribution is 2.20. The number of fused-ring (bicyclic) bond motifs is 1. The highest BCUT2D eigenvalue weighted by Gasteiger charge is 2.17. The summed E-state index contributed by atoms with van der Waals surface area (Å²) in [6.45, 7) is 8.23. The van der Waals surface area contributed by atoms with Crippen molar-refractivity contribution in [3.63, 3.8) is 0 Å². The van der Waals surface area contributed by atoms with Gasteiger partial charge in [-0.25, -0.2) is 0 Å². The molecule has 2 heterocycles. The van der Waals surface area contributed by atoms with Crippen LogP contribution in [0.2, 0.25) is 0 Å². The van der Waals surface area contributed by atoms with Gasteiger partial charge in [0.05, 0.1) is 12.7 Å². The van der Waals surface area contributed by atoms with Gasteiger partial charge in [-0.15, -0.1) is 0 Å². The molecule has 4 rings (SSSR count). The zero-order chi connectivity index (χ0) is 20.2. The van der Waals surface area contributed by atoms with Gasteiger partial charge in [-0.1, -0.05) is 30.3 Å². The summed E-state index contributed by atoms with van der Waals surface area (Å²) in [4.78, 5) is 19.5. The number of aromatic nitrogens is 1.